The normalized spacial score (nSPS) is 10.3. The largest absolute Gasteiger partial charge is 0.463 e. The summed E-state index contributed by atoms with van der Waals surface area (Å²) in [7, 11) is 0. The number of hydrogen-bond acceptors (Lipinski definition) is 5. The van der Waals surface area contributed by atoms with E-state index in [1.165, 1.54) is 6.20 Å². The van der Waals surface area contributed by atoms with Crippen molar-refractivity contribution >= 4 is 45.1 Å². The van der Waals surface area contributed by atoms with Crippen LogP contribution in [-0.2, 0) is 9.53 Å². The van der Waals surface area contributed by atoms with Crippen molar-refractivity contribution in [3.8, 4) is 17.4 Å². The second-order valence-electron chi connectivity index (χ2n) is 4.20. The average Bonchev–Trinajstić information content (AvgIpc) is 2.52. The first kappa shape index (κ1) is 17.8. The Morgan fingerprint density at radius 3 is 2.78 bits per heavy atom. The first-order chi connectivity index (χ1) is 11.0. The third-order valence-corrected chi connectivity index (χ3v) is 4.06. The summed E-state index contributed by atoms with van der Waals surface area (Å²) < 4.78 is 16.5. The third-order valence-electron chi connectivity index (χ3n) is 2.56. The van der Waals surface area contributed by atoms with E-state index in [0.717, 1.165) is 0 Å². The van der Waals surface area contributed by atoms with E-state index in [-0.39, 0.29) is 19.1 Å². The summed E-state index contributed by atoms with van der Waals surface area (Å²) in [4.78, 5) is 15.4. The van der Waals surface area contributed by atoms with Gasteiger partial charge in [-0.1, -0.05) is 23.2 Å². The van der Waals surface area contributed by atoms with Gasteiger partial charge in [-0.2, -0.15) is 0 Å². The number of benzene rings is 1. The van der Waals surface area contributed by atoms with Gasteiger partial charge >= 0.3 is 5.97 Å². The van der Waals surface area contributed by atoms with Crippen molar-refractivity contribution < 1.29 is 19.0 Å². The fourth-order valence-electron chi connectivity index (χ4n) is 1.59. The Kier molecular flexibility index (Phi) is 6.50. The summed E-state index contributed by atoms with van der Waals surface area (Å²) in [5, 5.41) is 0.797. The molecule has 0 bridgehead atoms. The molecule has 0 radical (unpaired) electrons. The highest BCUT2D eigenvalue weighted by Crippen LogP contribution is 2.38. The Morgan fingerprint density at radius 1 is 1.26 bits per heavy atom. The zero-order chi connectivity index (χ0) is 16.8. The van der Waals surface area contributed by atoms with Crippen LogP contribution in [0.3, 0.4) is 0 Å². The number of carbonyl (C=O) groups excluding carboxylic acids is 1. The zero-order valence-electron chi connectivity index (χ0n) is 12.0. The molecule has 1 heterocycles. The molecule has 2 aromatic rings. The lowest BCUT2D eigenvalue weighted by atomic mass is 10.3. The predicted octanol–water partition coefficient (Wildman–Crippen LogP) is 4.89. The van der Waals surface area contributed by atoms with Crippen LogP contribution in [0.4, 0.5) is 0 Å². The van der Waals surface area contributed by atoms with Crippen molar-refractivity contribution in [2.45, 2.75) is 6.92 Å². The van der Waals surface area contributed by atoms with Crippen LogP contribution in [0.1, 0.15) is 6.92 Å². The van der Waals surface area contributed by atoms with E-state index >= 15 is 0 Å². The van der Waals surface area contributed by atoms with Gasteiger partial charge in [-0.05, 0) is 47.1 Å². The van der Waals surface area contributed by atoms with Crippen LogP contribution < -0.4 is 9.47 Å². The highest BCUT2D eigenvalue weighted by atomic mass is 79.9. The van der Waals surface area contributed by atoms with E-state index in [2.05, 4.69) is 20.9 Å². The molecule has 1 aromatic heterocycles. The monoisotopic (exact) mass is 419 g/mol. The lowest BCUT2D eigenvalue weighted by Crippen LogP contribution is -2.15. The number of nitrogens with zero attached hydrogens (tertiary/aromatic N) is 1. The number of ether oxygens (including phenoxy) is 3. The summed E-state index contributed by atoms with van der Waals surface area (Å²) in [6.07, 6.45) is 1.52. The van der Waals surface area contributed by atoms with Crippen molar-refractivity contribution in [2.75, 3.05) is 13.2 Å². The summed E-state index contributed by atoms with van der Waals surface area (Å²) in [6, 6.07) is 6.50. The van der Waals surface area contributed by atoms with Crippen molar-refractivity contribution in [1.29, 1.82) is 0 Å². The molecular formula is C15H12BrCl2NO4. The minimum atomic E-state index is -0.489. The molecule has 122 valence electrons. The molecule has 1 aromatic carbocycles. The van der Waals surface area contributed by atoms with Gasteiger partial charge < -0.3 is 14.2 Å². The first-order valence-corrected chi connectivity index (χ1v) is 8.12. The molecule has 2 rings (SSSR count). The summed E-state index contributed by atoms with van der Waals surface area (Å²) >= 11 is 15.4. The predicted molar refractivity (Wildman–Crippen MR) is 90.6 cm³/mol. The fourth-order valence-corrected chi connectivity index (χ4v) is 2.34. The van der Waals surface area contributed by atoms with E-state index in [4.69, 9.17) is 37.4 Å². The van der Waals surface area contributed by atoms with Crippen LogP contribution in [0.25, 0.3) is 0 Å². The number of carbonyl (C=O) groups is 1. The molecule has 0 unspecified atom stereocenters. The van der Waals surface area contributed by atoms with Crippen LogP contribution in [-0.4, -0.2) is 24.2 Å². The topological polar surface area (TPSA) is 57.7 Å². The number of esters is 1. The first-order valence-electron chi connectivity index (χ1n) is 6.57. The van der Waals surface area contributed by atoms with E-state index in [1.807, 2.05) is 0 Å². The molecule has 0 saturated heterocycles. The Bertz CT molecular complexity index is 712. The van der Waals surface area contributed by atoms with Crippen molar-refractivity contribution in [3.63, 3.8) is 0 Å². The van der Waals surface area contributed by atoms with Gasteiger partial charge in [0.1, 0.15) is 5.75 Å². The van der Waals surface area contributed by atoms with Crippen molar-refractivity contribution in [2.24, 2.45) is 0 Å². The van der Waals surface area contributed by atoms with Gasteiger partial charge in [-0.25, -0.2) is 9.78 Å². The Labute approximate surface area is 151 Å². The second kappa shape index (κ2) is 8.38. The molecule has 0 amide bonds. The number of pyridine rings is 1. The number of hydrogen-bond donors (Lipinski definition) is 0. The van der Waals surface area contributed by atoms with Gasteiger partial charge in [0.2, 0.25) is 0 Å². The quantitative estimate of drug-likeness (QED) is 0.492. The minimum absolute atomic E-state index is 0.155. The van der Waals surface area contributed by atoms with Crippen LogP contribution in [0.2, 0.25) is 10.0 Å². The maximum absolute atomic E-state index is 11.4. The van der Waals surface area contributed by atoms with Gasteiger partial charge in [-0.15, -0.1) is 0 Å². The molecular weight excluding hydrogens is 409 g/mol. The molecule has 0 fully saturated rings. The maximum Gasteiger partial charge on any atom is 0.344 e. The highest BCUT2D eigenvalue weighted by Gasteiger charge is 2.13. The smallest absolute Gasteiger partial charge is 0.344 e. The van der Waals surface area contributed by atoms with Crippen LogP contribution in [0.15, 0.2) is 34.9 Å². The Hall–Kier alpha value is -1.50. The number of rotatable bonds is 6. The molecule has 0 aliphatic carbocycles. The number of halogens is 3. The fraction of sp³-hybridized carbons (Fsp3) is 0.200. The average molecular weight is 421 g/mol. The van der Waals surface area contributed by atoms with Crippen molar-refractivity contribution in [3.05, 3.63) is 45.0 Å². The van der Waals surface area contributed by atoms with Gasteiger partial charge in [0.25, 0.3) is 5.88 Å². The van der Waals surface area contributed by atoms with Crippen molar-refractivity contribution in [1.82, 2.24) is 4.98 Å². The van der Waals surface area contributed by atoms with Gasteiger partial charge in [0, 0.05) is 10.7 Å². The minimum Gasteiger partial charge on any atom is -0.463 e. The van der Waals surface area contributed by atoms with Crippen LogP contribution in [0, 0.1) is 0 Å². The summed E-state index contributed by atoms with van der Waals surface area (Å²) in [5.41, 5.74) is 0. The highest BCUT2D eigenvalue weighted by molar-refractivity contribution is 9.10. The van der Waals surface area contributed by atoms with Gasteiger partial charge in [0.15, 0.2) is 12.4 Å². The maximum atomic E-state index is 11.4. The van der Waals surface area contributed by atoms with Crippen LogP contribution >= 0.6 is 39.1 Å². The molecule has 5 nitrogen and oxygen atoms in total. The van der Waals surface area contributed by atoms with Crippen LogP contribution in [0.5, 0.6) is 17.4 Å². The zero-order valence-corrected chi connectivity index (χ0v) is 15.1. The van der Waals surface area contributed by atoms with Gasteiger partial charge in [-0.3, -0.25) is 0 Å². The SMILES string of the molecule is CCOC(=O)COc1ncccc1Oc1cc(Br)c(Cl)cc1Cl. The molecule has 8 heteroatoms. The molecule has 0 aliphatic rings. The Balaban J connectivity index is 2.17. The Morgan fingerprint density at radius 2 is 2.04 bits per heavy atom. The molecule has 0 N–H and O–H groups in total. The second-order valence-corrected chi connectivity index (χ2v) is 5.87. The summed E-state index contributed by atoms with van der Waals surface area (Å²) in [5.74, 6) is 0.351. The summed E-state index contributed by atoms with van der Waals surface area (Å²) in [6.45, 7) is 1.73. The van der Waals surface area contributed by atoms with E-state index in [1.54, 1.807) is 31.2 Å². The molecule has 23 heavy (non-hydrogen) atoms. The van der Waals surface area contributed by atoms with Gasteiger partial charge in [0.05, 0.1) is 16.7 Å². The lowest BCUT2D eigenvalue weighted by molar-refractivity contribution is -0.145. The molecule has 0 spiro atoms. The molecule has 0 atom stereocenters. The third kappa shape index (κ3) is 4.99. The van der Waals surface area contributed by atoms with E-state index < -0.39 is 5.97 Å². The number of aromatic nitrogens is 1. The van der Waals surface area contributed by atoms with E-state index in [9.17, 15) is 4.79 Å². The standard InChI is InChI=1S/C15H12BrCl2NO4/c1-2-21-14(20)8-22-15-12(4-3-5-19-15)23-13-6-9(16)10(17)7-11(13)18/h3-7H,2,8H2,1H3. The lowest BCUT2D eigenvalue weighted by Gasteiger charge is -2.12. The van der Waals surface area contributed by atoms with E-state index in [0.29, 0.717) is 26.0 Å². The molecule has 0 aliphatic heterocycles. The molecule has 0 saturated carbocycles.